The Morgan fingerprint density at radius 1 is 1.62 bits per heavy atom. The summed E-state index contributed by atoms with van der Waals surface area (Å²) in [6.07, 6.45) is 0.214. The standard InChI is InChI=1S/C11H10INO2S/c1-2-15-9(14)5-7-3-4-8(6-13)11(16)10(7)12/h3-4,16H,2,5H2,1H3. The average Bonchev–Trinajstić information content (AvgIpc) is 2.25. The molecule has 16 heavy (non-hydrogen) atoms. The number of nitriles is 1. The maximum Gasteiger partial charge on any atom is 0.310 e. The highest BCUT2D eigenvalue weighted by Gasteiger charge is 2.11. The fourth-order valence-corrected chi connectivity index (χ4v) is 2.13. The third kappa shape index (κ3) is 3.12. The van der Waals surface area contributed by atoms with Gasteiger partial charge < -0.3 is 4.74 Å². The van der Waals surface area contributed by atoms with Crippen LogP contribution in [0.4, 0.5) is 0 Å². The predicted molar refractivity (Wildman–Crippen MR) is 71.5 cm³/mol. The minimum atomic E-state index is -0.266. The van der Waals surface area contributed by atoms with Crippen molar-refractivity contribution in [1.82, 2.24) is 0 Å². The lowest BCUT2D eigenvalue weighted by atomic mass is 10.1. The van der Waals surface area contributed by atoms with Crippen molar-refractivity contribution in [1.29, 1.82) is 5.26 Å². The molecule has 1 aromatic rings. The Balaban J connectivity index is 2.96. The second-order valence-corrected chi connectivity index (χ2v) is 4.55. The van der Waals surface area contributed by atoms with Crippen molar-refractivity contribution in [2.45, 2.75) is 18.2 Å². The monoisotopic (exact) mass is 347 g/mol. The van der Waals surface area contributed by atoms with Gasteiger partial charge in [-0.25, -0.2) is 0 Å². The van der Waals surface area contributed by atoms with Gasteiger partial charge in [0.05, 0.1) is 18.6 Å². The smallest absolute Gasteiger partial charge is 0.310 e. The van der Waals surface area contributed by atoms with E-state index in [1.165, 1.54) is 0 Å². The zero-order valence-electron chi connectivity index (χ0n) is 8.66. The van der Waals surface area contributed by atoms with Gasteiger partial charge in [0.15, 0.2) is 0 Å². The average molecular weight is 347 g/mol. The van der Waals surface area contributed by atoms with Crippen molar-refractivity contribution < 1.29 is 9.53 Å². The molecular formula is C11H10INO2S. The maximum atomic E-state index is 11.3. The number of carbonyl (C=O) groups excluding carboxylic acids is 1. The summed E-state index contributed by atoms with van der Waals surface area (Å²) < 4.78 is 5.69. The van der Waals surface area contributed by atoms with E-state index in [0.717, 1.165) is 9.13 Å². The maximum absolute atomic E-state index is 11.3. The SMILES string of the molecule is CCOC(=O)Cc1ccc(C#N)c(S)c1I. The molecule has 0 bridgehead atoms. The largest absolute Gasteiger partial charge is 0.466 e. The van der Waals surface area contributed by atoms with E-state index in [1.54, 1.807) is 19.1 Å². The number of benzene rings is 1. The molecule has 0 radical (unpaired) electrons. The Morgan fingerprint density at radius 3 is 2.88 bits per heavy atom. The first-order valence-corrected chi connectivity index (χ1v) is 6.18. The summed E-state index contributed by atoms with van der Waals surface area (Å²) in [7, 11) is 0. The molecule has 0 aliphatic carbocycles. The van der Waals surface area contributed by atoms with E-state index in [1.807, 2.05) is 6.07 Å². The quantitative estimate of drug-likeness (QED) is 0.519. The van der Waals surface area contributed by atoms with Gasteiger partial charge in [-0.1, -0.05) is 6.07 Å². The van der Waals surface area contributed by atoms with Gasteiger partial charge in [0, 0.05) is 8.47 Å². The molecule has 0 unspecified atom stereocenters. The third-order valence-electron chi connectivity index (χ3n) is 1.96. The molecule has 0 amide bonds. The van der Waals surface area contributed by atoms with Crippen LogP contribution in [-0.2, 0) is 16.0 Å². The molecule has 0 N–H and O–H groups in total. The minimum Gasteiger partial charge on any atom is -0.466 e. The van der Waals surface area contributed by atoms with Crippen molar-refractivity contribution in [3.63, 3.8) is 0 Å². The predicted octanol–water partition coefficient (Wildman–Crippen LogP) is 2.56. The molecule has 84 valence electrons. The van der Waals surface area contributed by atoms with Crippen LogP contribution in [0, 0.1) is 14.9 Å². The van der Waals surface area contributed by atoms with Gasteiger partial charge in [0.2, 0.25) is 0 Å². The summed E-state index contributed by atoms with van der Waals surface area (Å²) >= 11 is 6.33. The van der Waals surface area contributed by atoms with Crippen LogP contribution < -0.4 is 0 Å². The zero-order valence-corrected chi connectivity index (χ0v) is 11.7. The summed E-state index contributed by atoms with van der Waals surface area (Å²) in [6, 6.07) is 5.47. The minimum absolute atomic E-state index is 0.214. The van der Waals surface area contributed by atoms with Gasteiger partial charge in [0.1, 0.15) is 6.07 Å². The molecule has 0 saturated carbocycles. The lowest BCUT2D eigenvalue weighted by Crippen LogP contribution is -2.09. The number of ether oxygens (including phenoxy) is 1. The van der Waals surface area contributed by atoms with E-state index in [9.17, 15) is 4.79 Å². The van der Waals surface area contributed by atoms with Gasteiger partial charge in [-0.3, -0.25) is 4.79 Å². The number of hydrogen-bond donors (Lipinski definition) is 1. The molecule has 3 nitrogen and oxygen atoms in total. The van der Waals surface area contributed by atoms with Crippen LogP contribution in [0.1, 0.15) is 18.1 Å². The van der Waals surface area contributed by atoms with Crippen LogP contribution in [0.3, 0.4) is 0 Å². The molecule has 0 aliphatic heterocycles. The van der Waals surface area contributed by atoms with Crippen molar-refractivity contribution in [2.24, 2.45) is 0 Å². The number of rotatable bonds is 3. The molecule has 0 atom stereocenters. The van der Waals surface area contributed by atoms with Crippen molar-refractivity contribution in [2.75, 3.05) is 6.61 Å². The number of nitrogens with zero attached hydrogens (tertiary/aromatic N) is 1. The van der Waals surface area contributed by atoms with Crippen LogP contribution >= 0.6 is 35.2 Å². The second-order valence-electron chi connectivity index (χ2n) is 3.03. The Hall–Kier alpha value is -0.740. The topological polar surface area (TPSA) is 50.1 Å². The van der Waals surface area contributed by atoms with E-state index in [-0.39, 0.29) is 12.4 Å². The van der Waals surface area contributed by atoms with Gasteiger partial charge in [-0.15, -0.1) is 12.6 Å². The fraction of sp³-hybridized carbons (Fsp3) is 0.273. The highest BCUT2D eigenvalue weighted by Crippen LogP contribution is 2.24. The first kappa shape index (κ1) is 13.3. The molecule has 5 heteroatoms. The van der Waals surface area contributed by atoms with Crippen LogP contribution in [0.25, 0.3) is 0 Å². The van der Waals surface area contributed by atoms with Crippen molar-refractivity contribution in [3.05, 3.63) is 26.8 Å². The van der Waals surface area contributed by atoms with Crippen LogP contribution in [-0.4, -0.2) is 12.6 Å². The first-order valence-electron chi connectivity index (χ1n) is 4.66. The lowest BCUT2D eigenvalue weighted by molar-refractivity contribution is -0.142. The number of carbonyl (C=O) groups is 1. The van der Waals surface area contributed by atoms with Crippen LogP contribution in [0.5, 0.6) is 0 Å². The Labute approximate surface area is 113 Å². The van der Waals surface area contributed by atoms with Gasteiger partial charge in [-0.2, -0.15) is 5.26 Å². The number of hydrogen-bond acceptors (Lipinski definition) is 4. The molecule has 0 saturated heterocycles. The summed E-state index contributed by atoms with van der Waals surface area (Å²) in [5.41, 5.74) is 1.35. The molecule has 0 aliphatic rings. The lowest BCUT2D eigenvalue weighted by Gasteiger charge is -2.07. The van der Waals surface area contributed by atoms with E-state index < -0.39 is 0 Å². The van der Waals surface area contributed by atoms with Gasteiger partial charge in [0.25, 0.3) is 0 Å². The molecule has 1 rings (SSSR count). The van der Waals surface area contributed by atoms with Gasteiger partial charge >= 0.3 is 5.97 Å². The normalized spacial score (nSPS) is 9.62. The van der Waals surface area contributed by atoms with E-state index in [0.29, 0.717) is 17.1 Å². The first-order chi connectivity index (χ1) is 7.60. The highest BCUT2D eigenvalue weighted by molar-refractivity contribution is 14.1. The molecule has 0 spiro atoms. The molecule has 0 fully saturated rings. The van der Waals surface area contributed by atoms with Crippen LogP contribution in [0.15, 0.2) is 17.0 Å². The summed E-state index contributed by atoms with van der Waals surface area (Å²) in [5, 5.41) is 8.81. The number of esters is 1. The van der Waals surface area contributed by atoms with Crippen molar-refractivity contribution in [3.8, 4) is 6.07 Å². The Morgan fingerprint density at radius 2 is 2.31 bits per heavy atom. The van der Waals surface area contributed by atoms with E-state index in [2.05, 4.69) is 35.2 Å². The van der Waals surface area contributed by atoms with Gasteiger partial charge in [-0.05, 0) is 41.1 Å². The third-order valence-corrected chi connectivity index (χ3v) is 4.08. The number of halogens is 1. The molecule has 0 heterocycles. The molecule has 1 aromatic carbocycles. The van der Waals surface area contributed by atoms with E-state index >= 15 is 0 Å². The Kier molecular flexibility index (Phi) is 5.09. The molecular weight excluding hydrogens is 337 g/mol. The summed E-state index contributed by atoms with van der Waals surface area (Å²) in [4.78, 5) is 11.9. The van der Waals surface area contributed by atoms with E-state index in [4.69, 9.17) is 10.00 Å². The summed E-state index contributed by atoms with van der Waals surface area (Å²) in [6.45, 7) is 2.14. The Bertz CT molecular complexity index is 454. The molecule has 0 aromatic heterocycles. The van der Waals surface area contributed by atoms with Crippen LogP contribution in [0.2, 0.25) is 0 Å². The number of thiol groups is 1. The highest BCUT2D eigenvalue weighted by atomic mass is 127. The van der Waals surface area contributed by atoms with Crippen molar-refractivity contribution >= 4 is 41.2 Å². The second kappa shape index (κ2) is 6.11. The zero-order chi connectivity index (χ0) is 12.1. The summed E-state index contributed by atoms with van der Waals surface area (Å²) in [5.74, 6) is -0.266. The fourth-order valence-electron chi connectivity index (χ4n) is 1.20.